The summed E-state index contributed by atoms with van der Waals surface area (Å²) in [4.78, 5) is 9.55. The Hall–Kier alpha value is -2.22. The largest absolute Gasteiger partial charge is 0.240 e. The van der Waals surface area contributed by atoms with E-state index in [9.17, 15) is 0 Å². The molecule has 2 heteroatoms. The normalized spacial score (nSPS) is 12.1. The first-order valence-electron chi connectivity index (χ1n) is 10.7. The summed E-state index contributed by atoms with van der Waals surface area (Å²) in [6.07, 6.45) is 2.73. The van der Waals surface area contributed by atoms with Crippen molar-refractivity contribution < 1.29 is 0 Å². The van der Waals surface area contributed by atoms with E-state index in [1.54, 1.807) is 6.33 Å². The molecule has 1 aromatic heterocycles. The van der Waals surface area contributed by atoms with Crippen molar-refractivity contribution in [2.75, 3.05) is 0 Å². The minimum atomic E-state index is -0.0935. The van der Waals surface area contributed by atoms with E-state index in [-0.39, 0.29) is 5.41 Å². The molecule has 154 valence electrons. The predicted molar refractivity (Wildman–Crippen MR) is 125 cm³/mol. The summed E-state index contributed by atoms with van der Waals surface area (Å²) in [7, 11) is 0. The summed E-state index contributed by atoms with van der Waals surface area (Å²) in [5.41, 5.74) is 16.1. The lowest BCUT2D eigenvalue weighted by atomic mass is 9.76. The summed E-state index contributed by atoms with van der Waals surface area (Å²) >= 11 is 0. The quantitative estimate of drug-likeness (QED) is 0.486. The van der Waals surface area contributed by atoms with E-state index in [2.05, 4.69) is 81.1 Å². The van der Waals surface area contributed by atoms with Crippen LogP contribution in [-0.4, -0.2) is 9.97 Å². The van der Waals surface area contributed by atoms with Crippen molar-refractivity contribution in [3.8, 4) is 0 Å². The lowest BCUT2D eigenvalue weighted by Gasteiger charge is -2.30. The van der Waals surface area contributed by atoms with Crippen LogP contribution in [0.5, 0.6) is 0 Å². The zero-order valence-electron chi connectivity index (χ0n) is 20.2. The fourth-order valence-corrected chi connectivity index (χ4v) is 4.83. The van der Waals surface area contributed by atoms with Gasteiger partial charge in [-0.15, -0.1) is 0 Å². The van der Waals surface area contributed by atoms with Crippen LogP contribution < -0.4 is 0 Å². The highest BCUT2D eigenvalue weighted by atomic mass is 14.8. The number of aromatic nitrogens is 2. The maximum absolute atomic E-state index is 4.86. The van der Waals surface area contributed by atoms with Crippen molar-refractivity contribution in [2.45, 2.75) is 88.0 Å². The number of aryl methyl sites for hydroxylation is 2. The highest BCUT2D eigenvalue weighted by Crippen LogP contribution is 2.38. The van der Waals surface area contributed by atoms with E-state index in [1.165, 1.54) is 66.7 Å². The number of nitrogens with zero attached hydrogens (tertiary/aromatic N) is 2. The molecule has 0 fully saturated rings. The van der Waals surface area contributed by atoms with Gasteiger partial charge in [0.05, 0.1) is 11.2 Å². The molecule has 0 N–H and O–H groups in total. The van der Waals surface area contributed by atoms with Gasteiger partial charge in [0.15, 0.2) is 0 Å². The maximum Gasteiger partial charge on any atom is 0.116 e. The van der Waals surface area contributed by atoms with Crippen molar-refractivity contribution in [1.29, 1.82) is 0 Å². The van der Waals surface area contributed by atoms with Gasteiger partial charge in [0, 0.05) is 10.8 Å². The predicted octanol–water partition coefficient (Wildman–Crippen LogP) is 6.93. The van der Waals surface area contributed by atoms with Crippen LogP contribution >= 0.6 is 0 Å². The van der Waals surface area contributed by atoms with Gasteiger partial charge >= 0.3 is 0 Å². The average molecular weight is 389 g/mol. The Morgan fingerprint density at radius 3 is 1.59 bits per heavy atom. The second-order valence-corrected chi connectivity index (χ2v) is 9.61. The third-order valence-corrected chi connectivity index (χ3v) is 7.68. The molecule has 3 rings (SSSR count). The molecule has 0 aliphatic heterocycles. The second kappa shape index (κ2) is 7.23. The lowest BCUT2D eigenvalue weighted by Crippen LogP contribution is -2.25. The van der Waals surface area contributed by atoms with Crippen LogP contribution in [0, 0.1) is 62.3 Å². The summed E-state index contributed by atoms with van der Waals surface area (Å²) < 4.78 is 0. The van der Waals surface area contributed by atoms with Crippen LogP contribution in [0.15, 0.2) is 6.33 Å². The van der Waals surface area contributed by atoms with Gasteiger partial charge in [-0.25, -0.2) is 9.97 Å². The van der Waals surface area contributed by atoms with Gasteiger partial charge in [-0.1, -0.05) is 13.8 Å². The molecule has 0 spiro atoms. The van der Waals surface area contributed by atoms with Crippen LogP contribution in [-0.2, 0) is 11.8 Å². The summed E-state index contributed by atoms with van der Waals surface area (Å²) in [5.74, 6) is 0. The van der Waals surface area contributed by atoms with Gasteiger partial charge in [0.1, 0.15) is 6.33 Å². The highest BCUT2D eigenvalue weighted by Gasteiger charge is 2.29. The molecule has 0 saturated carbocycles. The molecule has 0 radical (unpaired) electrons. The van der Waals surface area contributed by atoms with E-state index in [0.717, 1.165) is 11.9 Å². The smallest absolute Gasteiger partial charge is 0.116 e. The molecule has 0 unspecified atom stereocenters. The molecule has 0 aliphatic rings. The molecule has 1 heterocycles. The van der Waals surface area contributed by atoms with Crippen molar-refractivity contribution >= 4 is 10.9 Å². The molecular formula is C27H36N2. The Bertz CT molecular complexity index is 1100. The molecule has 29 heavy (non-hydrogen) atoms. The maximum atomic E-state index is 4.86. The third-order valence-electron chi connectivity index (χ3n) is 7.68. The molecule has 0 aliphatic carbocycles. The molecule has 0 bridgehead atoms. The average Bonchev–Trinajstić information content (AvgIpc) is 2.70. The minimum absolute atomic E-state index is 0.0935. The summed E-state index contributed by atoms with van der Waals surface area (Å²) in [6, 6.07) is 0. The SMILES string of the molecule is Cc1c(C)c(C)c(CC(C)(C)c2ncnc3c(C)c(C)c(C)c(C)c23)c(C)c1C. The molecule has 2 nitrogen and oxygen atoms in total. The van der Waals surface area contributed by atoms with Crippen LogP contribution in [0.3, 0.4) is 0 Å². The van der Waals surface area contributed by atoms with E-state index < -0.39 is 0 Å². The fourth-order valence-electron chi connectivity index (χ4n) is 4.83. The number of fused-ring (bicyclic) bond motifs is 1. The number of hydrogen-bond acceptors (Lipinski definition) is 2. The monoisotopic (exact) mass is 388 g/mol. The van der Waals surface area contributed by atoms with E-state index in [4.69, 9.17) is 4.98 Å². The Morgan fingerprint density at radius 1 is 0.586 bits per heavy atom. The van der Waals surface area contributed by atoms with Crippen LogP contribution in [0.25, 0.3) is 10.9 Å². The third kappa shape index (κ3) is 3.27. The molecule has 0 amide bonds. The standard InChI is InChI=1S/C27H36N2/c1-14-15(2)19(6)23(20(7)16(14)3)12-27(10,11)26-24-21(8)17(4)18(5)22(9)25(24)28-13-29-26/h13H,12H2,1-11H3. The zero-order chi connectivity index (χ0) is 21.8. The van der Waals surface area contributed by atoms with Crippen molar-refractivity contribution in [3.05, 3.63) is 67.7 Å². The van der Waals surface area contributed by atoms with Crippen LogP contribution in [0.1, 0.15) is 75.2 Å². The van der Waals surface area contributed by atoms with Crippen LogP contribution in [0.2, 0.25) is 0 Å². The van der Waals surface area contributed by atoms with Gasteiger partial charge < -0.3 is 0 Å². The fraction of sp³-hybridized carbons (Fsp3) is 0.481. The summed E-state index contributed by atoms with van der Waals surface area (Å²) in [5, 5.41) is 1.24. The van der Waals surface area contributed by atoms with Crippen molar-refractivity contribution in [3.63, 3.8) is 0 Å². The molecule has 0 saturated heterocycles. The topological polar surface area (TPSA) is 25.8 Å². The van der Waals surface area contributed by atoms with Gasteiger partial charge in [-0.2, -0.15) is 0 Å². The Balaban J connectivity index is 2.26. The molecule has 3 aromatic rings. The lowest BCUT2D eigenvalue weighted by molar-refractivity contribution is 0.506. The highest BCUT2D eigenvalue weighted by molar-refractivity contribution is 5.90. The van der Waals surface area contributed by atoms with E-state index in [0.29, 0.717) is 0 Å². The number of benzene rings is 2. The zero-order valence-corrected chi connectivity index (χ0v) is 20.2. The van der Waals surface area contributed by atoms with E-state index >= 15 is 0 Å². The number of hydrogen-bond donors (Lipinski definition) is 0. The first-order chi connectivity index (χ1) is 13.4. The first kappa shape index (κ1) is 21.5. The summed E-state index contributed by atoms with van der Waals surface area (Å²) in [6.45, 7) is 24.8. The Labute approximate surface area is 176 Å². The molecule has 2 aromatic carbocycles. The van der Waals surface area contributed by atoms with Crippen LogP contribution in [0.4, 0.5) is 0 Å². The van der Waals surface area contributed by atoms with E-state index in [1.807, 2.05) is 0 Å². The first-order valence-corrected chi connectivity index (χ1v) is 10.7. The molecular weight excluding hydrogens is 352 g/mol. The van der Waals surface area contributed by atoms with Crippen molar-refractivity contribution in [2.24, 2.45) is 0 Å². The van der Waals surface area contributed by atoms with Gasteiger partial charge in [0.25, 0.3) is 0 Å². The second-order valence-electron chi connectivity index (χ2n) is 9.61. The Kier molecular flexibility index (Phi) is 5.36. The van der Waals surface area contributed by atoms with Crippen molar-refractivity contribution in [1.82, 2.24) is 9.97 Å². The van der Waals surface area contributed by atoms with Gasteiger partial charge in [-0.05, 0) is 124 Å². The van der Waals surface area contributed by atoms with Gasteiger partial charge in [-0.3, -0.25) is 0 Å². The Morgan fingerprint density at radius 2 is 1.03 bits per heavy atom. The number of rotatable bonds is 3. The van der Waals surface area contributed by atoms with Gasteiger partial charge in [0.2, 0.25) is 0 Å². The minimum Gasteiger partial charge on any atom is -0.240 e. The molecule has 0 atom stereocenters.